The molecule has 0 aromatic carbocycles. The van der Waals surface area contributed by atoms with Crippen molar-refractivity contribution in [3.8, 4) is 6.07 Å². The molecule has 2 unspecified atom stereocenters. The first-order chi connectivity index (χ1) is 8.53. The summed E-state index contributed by atoms with van der Waals surface area (Å²) in [5.74, 6) is 0.907. The Hall–Kier alpha value is -0.640. The third-order valence-electron chi connectivity index (χ3n) is 2.58. The molecule has 0 saturated carbocycles. The van der Waals surface area contributed by atoms with E-state index in [0.717, 1.165) is 29.6 Å². The number of nitriles is 1. The van der Waals surface area contributed by atoms with Crippen LogP contribution in [0.5, 0.6) is 0 Å². The van der Waals surface area contributed by atoms with Gasteiger partial charge in [-0.15, -0.1) is 0 Å². The quantitative estimate of drug-likeness (QED) is 0.780. The van der Waals surface area contributed by atoms with Gasteiger partial charge in [0.1, 0.15) is 11.4 Å². The van der Waals surface area contributed by atoms with E-state index in [1.165, 1.54) is 11.5 Å². The molecule has 2 atom stereocenters. The van der Waals surface area contributed by atoms with Crippen LogP contribution in [0.2, 0.25) is 0 Å². The molecule has 1 aromatic rings. The molecule has 0 amide bonds. The topological polar surface area (TPSA) is 61.6 Å². The third-order valence-corrected chi connectivity index (χ3v) is 4.50. The van der Waals surface area contributed by atoms with E-state index in [1.54, 1.807) is 11.8 Å². The summed E-state index contributed by atoms with van der Waals surface area (Å²) < 4.78 is 5.27. The van der Waals surface area contributed by atoms with E-state index in [9.17, 15) is 5.26 Å². The van der Waals surface area contributed by atoms with E-state index >= 15 is 0 Å². The molecule has 0 fully saturated rings. The minimum atomic E-state index is -0.459. The second-order valence-electron chi connectivity index (χ2n) is 4.44. The molecule has 0 aliphatic rings. The zero-order valence-corrected chi connectivity index (χ0v) is 13.0. The van der Waals surface area contributed by atoms with E-state index in [1.807, 2.05) is 13.8 Å². The van der Waals surface area contributed by atoms with E-state index < -0.39 is 5.54 Å². The summed E-state index contributed by atoms with van der Waals surface area (Å²) in [7, 11) is 0. The van der Waals surface area contributed by atoms with Crippen molar-refractivity contribution < 1.29 is 0 Å². The number of thioether (sulfide) groups is 1. The predicted molar refractivity (Wildman–Crippen MR) is 76.9 cm³/mol. The highest BCUT2D eigenvalue weighted by atomic mass is 32.2. The number of nitrogens with one attached hydrogen (secondary N) is 1. The summed E-state index contributed by atoms with van der Waals surface area (Å²) in [6.45, 7) is 8.96. The van der Waals surface area contributed by atoms with Gasteiger partial charge in [0.05, 0.1) is 6.07 Å². The fraction of sp³-hybridized carbons (Fsp3) is 0.750. The maximum absolute atomic E-state index is 9.23. The van der Waals surface area contributed by atoms with Crippen molar-refractivity contribution in [2.75, 3.05) is 6.54 Å². The summed E-state index contributed by atoms with van der Waals surface area (Å²) in [6.07, 6.45) is 1.67. The van der Waals surface area contributed by atoms with Crippen molar-refractivity contribution in [3.05, 3.63) is 5.82 Å². The Morgan fingerprint density at radius 1 is 1.56 bits per heavy atom. The zero-order chi connectivity index (χ0) is 13.6. The molecule has 1 heterocycles. The van der Waals surface area contributed by atoms with E-state index in [4.69, 9.17) is 0 Å². The highest BCUT2D eigenvalue weighted by molar-refractivity contribution is 8.01. The maximum Gasteiger partial charge on any atom is 0.170 e. The molecular weight excluding hydrogens is 264 g/mol. The number of nitrogens with zero attached hydrogens (tertiary/aromatic N) is 3. The smallest absolute Gasteiger partial charge is 0.170 e. The van der Waals surface area contributed by atoms with Crippen LogP contribution in [0.25, 0.3) is 0 Å². The number of rotatable bonds is 7. The lowest BCUT2D eigenvalue weighted by Crippen LogP contribution is -2.42. The molecule has 1 aromatic heterocycles. The first kappa shape index (κ1) is 15.4. The van der Waals surface area contributed by atoms with Crippen LogP contribution in [0, 0.1) is 11.3 Å². The molecular formula is C12H20N4S2. The van der Waals surface area contributed by atoms with Crippen molar-refractivity contribution >= 4 is 23.3 Å². The molecule has 4 nitrogen and oxygen atoms in total. The minimum absolute atomic E-state index is 0.339. The monoisotopic (exact) mass is 284 g/mol. The van der Waals surface area contributed by atoms with Gasteiger partial charge in [0.15, 0.2) is 4.34 Å². The van der Waals surface area contributed by atoms with Crippen LogP contribution in [0.1, 0.15) is 39.9 Å². The van der Waals surface area contributed by atoms with E-state index in [0.29, 0.717) is 5.25 Å². The van der Waals surface area contributed by atoms with Gasteiger partial charge in [0.25, 0.3) is 0 Å². The summed E-state index contributed by atoms with van der Waals surface area (Å²) in [5.41, 5.74) is -0.459. The highest BCUT2D eigenvalue weighted by Gasteiger charge is 2.26. The Morgan fingerprint density at radius 3 is 2.78 bits per heavy atom. The summed E-state index contributed by atoms with van der Waals surface area (Å²) in [4.78, 5) is 4.44. The minimum Gasteiger partial charge on any atom is -0.300 e. The van der Waals surface area contributed by atoms with Crippen LogP contribution in [-0.4, -0.2) is 26.7 Å². The van der Waals surface area contributed by atoms with Gasteiger partial charge < -0.3 is 0 Å². The number of hydrogen-bond donors (Lipinski definition) is 1. The average molecular weight is 284 g/mol. The summed E-state index contributed by atoms with van der Waals surface area (Å²) in [6, 6.07) is 2.36. The standard InChI is InChI=1S/C12H20N4S2/c1-5-10-15-11(18-16-10)17-9(3)7-12(4,8-13)14-6-2/h9,14H,5-7H2,1-4H3. The van der Waals surface area contributed by atoms with Crippen LogP contribution in [-0.2, 0) is 6.42 Å². The van der Waals surface area contributed by atoms with Gasteiger partial charge in [-0.1, -0.05) is 32.5 Å². The SMILES string of the molecule is CCNC(C)(C#N)CC(C)Sc1nc(CC)ns1. The van der Waals surface area contributed by atoms with Crippen LogP contribution < -0.4 is 5.32 Å². The van der Waals surface area contributed by atoms with Crippen LogP contribution in [0.15, 0.2) is 4.34 Å². The molecule has 18 heavy (non-hydrogen) atoms. The zero-order valence-electron chi connectivity index (χ0n) is 11.4. The molecule has 0 aliphatic heterocycles. The van der Waals surface area contributed by atoms with Crippen molar-refractivity contribution in [1.82, 2.24) is 14.7 Å². The van der Waals surface area contributed by atoms with Gasteiger partial charge in [-0.05, 0) is 31.4 Å². The van der Waals surface area contributed by atoms with Crippen molar-refractivity contribution in [2.24, 2.45) is 0 Å². The number of aryl methyl sites for hydroxylation is 1. The molecule has 0 spiro atoms. The molecule has 0 aliphatic carbocycles. The Balaban J connectivity index is 2.55. The fourth-order valence-corrected chi connectivity index (χ4v) is 3.96. The predicted octanol–water partition coefficient (Wildman–Crippen LogP) is 2.86. The first-order valence-electron chi connectivity index (χ1n) is 6.18. The average Bonchev–Trinajstić information content (AvgIpc) is 2.76. The second-order valence-corrected chi connectivity index (χ2v) is 6.87. The van der Waals surface area contributed by atoms with Crippen molar-refractivity contribution in [3.63, 3.8) is 0 Å². The van der Waals surface area contributed by atoms with Crippen LogP contribution in [0.3, 0.4) is 0 Å². The van der Waals surface area contributed by atoms with Crippen molar-refractivity contribution in [1.29, 1.82) is 5.26 Å². The molecule has 0 radical (unpaired) electrons. The lowest BCUT2D eigenvalue weighted by molar-refractivity contribution is 0.429. The third kappa shape index (κ3) is 4.56. The summed E-state index contributed by atoms with van der Waals surface area (Å²) in [5, 5.41) is 12.8. The van der Waals surface area contributed by atoms with Crippen LogP contribution in [0.4, 0.5) is 0 Å². The number of hydrogen-bond acceptors (Lipinski definition) is 6. The fourth-order valence-electron chi connectivity index (χ4n) is 1.77. The molecule has 1 rings (SSSR count). The van der Waals surface area contributed by atoms with Gasteiger partial charge in [0, 0.05) is 11.7 Å². The Morgan fingerprint density at radius 2 is 2.28 bits per heavy atom. The first-order valence-corrected chi connectivity index (χ1v) is 7.83. The Labute approximate surface area is 117 Å². The molecule has 0 bridgehead atoms. The second kappa shape index (κ2) is 7.07. The summed E-state index contributed by atoms with van der Waals surface area (Å²) >= 11 is 3.15. The largest absolute Gasteiger partial charge is 0.300 e. The van der Waals surface area contributed by atoms with Crippen molar-refractivity contribution in [2.45, 2.75) is 55.7 Å². The maximum atomic E-state index is 9.23. The Bertz CT molecular complexity index is 412. The lowest BCUT2D eigenvalue weighted by atomic mass is 9.98. The van der Waals surface area contributed by atoms with E-state index in [2.05, 4.69) is 34.6 Å². The molecule has 100 valence electrons. The number of aromatic nitrogens is 2. The van der Waals surface area contributed by atoms with Gasteiger partial charge in [0.2, 0.25) is 0 Å². The lowest BCUT2D eigenvalue weighted by Gasteiger charge is -2.25. The Kier molecular flexibility index (Phi) is 6.06. The molecule has 6 heteroatoms. The van der Waals surface area contributed by atoms with Gasteiger partial charge >= 0.3 is 0 Å². The normalized spacial score (nSPS) is 15.9. The van der Waals surface area contributed by atoms with Gasteiger partial charge in [-0.25, -0.2) is 4.98 Å². The van der Waals surface area contributed by atoms with Gasteiger partial charge in [-0.3, -0.25) is 5.32 Å². The van der Waals surface area contributed by atoms with E-state index in [-0.39, 0.29) is 0 Å². The molecule has 0 saturated heterocycles. The highest BCUT2D eigenvalue weighted by Crippen LogP contribution is 2.29. The van der Waals surface area contributed by atoms with Gasteiger partial charge in [-0.2, -0.15) is 9.64 Å². The molecule has 1 N–H and O–H groups in total. The van der Waals surface area contributed by atoms with Crippen LogP contribution >= 0.6 is 23.3 Å².